The Kier molecular flexibility index (Phi) is 7.71. The molecule has 5 N–H and O–H groups in total. The quantitative estimate of drug-likeness (QED) is 0.128. The van der Waals surface area contributed by atoms with Crippen molar-refractivity contribution in [1.82, 2.24) is 29.1 Å². The van der Waals surface area contributed by atoms with Crippen molar-refractivity contribution in [1.29, 1.82) is 0 Å². The number of hydrogen-bond acceptors (Lipinski definition) is 15. The number of hydrogen-bond donors (Lipinski definition) is 6. The lowest BCUT2D eigenvalue weighted by molar-refractivity contribution is -0.0560. The second kappa shape index (κ2) is 11.2. The number of rotatable bonds is 2. The molecule has 0 spiro atoms. The van der Waals surface area contributed by atoms with Gasteiger partial charge in [-0.1, -0.05) is 36.6 Å². The van der Waals surface area contributed by atoms with Gasteiger partial charge in [0.05, 0.1) is 36.9 Å². The number of H-pyrrole nitrogens is 1. The highest BCUT2D eigenvalue weighted by molar-refractivity contribution is 8.44. The van der Waals surface area contributed by atoms with Crippen LogP contribution in [-0.4, -0.2) is 89.1 Å². The molecule has 6 heterocycles. The van der Waals surface area contributed by atoms with E-state index in [4.69, 9.17) is 33.3 Å². The average Bonchev–Trinajstić information content (AvgIpc) is 3.72. The molecule has 44 heavy (non-hydrogen) atoms. The number of aliphatic hydroxyl groups excluding tert-OH is 2. The van der Waals surface area contributed by atoms with Crippen LogP contribution in [0.25, 0.3) is 22.2 Å². The van der Waals surface area contributed by atoms with E-state index in [1.165, 1.54) is 17.2 Å². The fraction of sp³-hybridized carbons (Fsp3) is 0.455. The Hall–Kier alpha value is -2.32. The van der Waals surface area contributed by atoms with Crippen LogP contribution in [0.15, 0.2) is 41.7 Å². The Bertz CT molecular complexity index is 1890. The van der Waals surface area contributed by atoms with Crippen LogP contribution in [-0.2, 0) is 36.7 Å². The van der Waals surface area contributed by atoms with E-state index in [0.717, 1.165) is 0 Å². The molecule has 22 heteroatoms. The highest BCUT2D eigenvalue weighted by Crippen LogP contribution is 2.60. The van der Waals surface area contributed by atoms with Crippen molar-refractivity contribution in [2.45, 2.75) is 49.1 Å². The van der Waals surface area contributed by atoms with E-state index in [2.05, 4.69) is 44.4 Å². The van der Waals surface area contributed by atoms with Gasteiger partial charge in [0.15, 0.2) is 23.6 Å². The first-order valence-electron chi connectivity index (χ1n) is 13.0. The number of aliphatic hydroxyl groups is 2. The van der Waals surface area contributed by atoms with Gasteiger partial charge >= 0.3 is 13.6 Å². The van der Waals surface area contributed by atoms with Gasteiger partial charge in [-0.3, -0.25) is 32.4 Å². The van der Waals surface area contributed by atoms with Gasteiger partial charge in [0, 0.05) is 0 Å². The van der Waals surface area contributed by atoms with Gasteiger partial charge in [0.25, 0.3) is 5.56 Å². The lowest BCUT2D eigenvalue weighted by Crippen LogP contribution is -2.38. The van der Waals surface area contributed by atoms with Crippen LogP contribution in [0.2, 0.25) is 0 Å². The van der Waals surface area contributed by atoms with Crippen LogP contribution in [0, 0.1) is 0 Å². The zero-order chi connectivity index (χ0) is 31.0. The number of aromatic nitrogens is 6. The molecule has 0 aliphatic carbocycles. The largest absolute Gasteiger partial charge is 0.386 e. The number of fused-ring (bicyclic) bond motifs is 4. The summed E-state index contributed by atoms with van der Waals surface area (Å²) in [6, 6.07) is 7.14. The summed E-state index contributed by atoms with van der Waals surface area (Å²) in [5.41, 5.74) is 6.25. The average molecular weight is 690 g/mol. The summed E-state index contributed by atoms with van der Waals surface area (Å²) in [5, 5.41) is 22.5. The Morgan fingerprint density at radius 2 is 1.48 bits per heavy atom. The van der Waals surface area contributed by atoms with E-state index in [9.17, 15) is 24.1 Å². The van der Waals surface area contributed by atoms with Gasteiger partial charge in [-0.2, -0.15) is 4.98 Å². The first-order valence-corrected chi connectivity index (χ1v) is 18.4. The Morgan fingerprint density at radius 1 is 0.909 bits per heavy atom. The molecule has 6 unspecified atom stereocenters. The van der Waals surface area contributed by atoms with Crippen LogP contribution < -0.4 is 11.3 Å². The molecule has 0 amide bonds. The Labute approximate surface area is 257 Å². The molecule has 236 valence electrons. The Balaban J connectivity index is 1.17. The molecule has 1 aromatic carbocycles. The molecule has 18 nitrogen and oxygen atoms in total. The van der Waals surface area contributed by atoms with E-state index >= 15 is 0 Å². The van der Waals surface area contributed by atoms with Crippen molar-refractivity contribution in [3.05, 3.63) is 47.3 Å². The molecule has 4 aromatic rings. The number of nitrogens with two attached hydrogens (primary N) is 1. The number of imidazole rings is 2. The van der Waals surface area contributed by atoms with Crippen molar-refractivity contribution >= 4 is 66.2 Å². The highest BCUT2D eigenvalue weighted by atomic mass is 32.7. The monoisotopic (exact) mass is 689 g/mol. The molecule has 3 aromatic heterocycles. The predicted molar refractivity (Wildman–Crippen MR) is 157 cm³/mol. The molecule has 7 rings (SSSR count). The third-order valence-electron chi connectivity index (χ3n) is 7.41. The number of aromatic amines is 1. The minimum absolute atomic E-state index is 0.0128. The normalized spacial score (nSPS) is 38.3. The molecule has 3 saturated heterocycles. The van der Waals surface area contributed by atoms with Crippen molar-refractivity contribution < 1.29 is 46.9 Å². The molecule has 10 atom stereocenters. The van der Waals surface area contributed by atoms with Crippen molar-refractivity contribution in [2.24, 2.45) is 0 Å². The maximum Gasteiger partial charge on any atom is 0.386 e. The number of nitrogens with zero attached hydrogens (tertiary/aromatic N) is 5. The first kappa shape index (κ1) is 30.3. The van der Waals surface area contributed by atoms with E-state index in [1.807, 2.05) is 0 Å². The van der Waals surface area contributed by atoms with Crippen LogP contribution in [0.4, 0.5) is 5.95 Å². The van der Waals surface area contributed by atoms with Gasteiger partial charge in [-0.15, -0.1) is 0 Å². The summed E-state index contributed by atoms with van der Waals surface area (Å²) in [5.74, 6) is -0.206. The SMILES string of the molecule is Nc1nc2c(ncn2[C@@H]2O[C@@H]3COP(=O)(S)OC4C(O)[C@H](n5cnc6ccccc65)O[C@@H]4COP(=O)(S)OC3C2O)c(=O)[nH]1. The van der Waals surface area contributed by atoms with Gasteiger partial charge in [0.1, 0.15) is 36.6 Å². The third kappa shape index (κ3) is 5.42. The fourth-order valence-electron chi connectivity index (χ4n) is 5.44. The smallest absolute Gasteiger partial charge is 0.386 e. The third-order valence-corrected chi connectivity index (χ3v) is 10.6. The number of anilines is 1. The van der Waals surface area contributed by atoms with Crippen LogP contribution in [0.1, 0.15) is 12.5 Å². The maximum absolute atomic E-state index is 13.4. The lowest BCUT2D eigenvalue weighted by Gasteiger charge is -2.28. The minimum atomic E-state index is -4.27. The first-order chi connectivity index (χ1) is 20.9. The molecular weight excluding hydrogens is 664 g/mol. The van der Waals surface area contributed by atoms with E-state index < -0.39 is 81.4 Å². The molecule has 3 aliphatic rings. The topological polar surface area (TPSA) is 237 Å². The van der Waals surface area contributed by atoms with Crippen LogP contribution in [0.5, 0.6) is 0 Å². The molecule has 3 aliphatic heterocycles. The zero-order valence-corrected chi connectivity index (χ0v) is 25.7. The van der Waals surface area contributed by atoms with Crippen molar-refractivity contribution in [3.8, 4) is 0 Å². The van der Waals surface area contributed by atoms with Crippen molar-refractivity contribution in [2.75, 3.05) is 18.9 Å². The summed E-state index contributed by atoms with van der Waals surface area (Å²) < 4.78 is 63.9. The molecule has 0 radical (unpaired) electrons. The van der Waals surface area contributed by atoms with Crippen molar-refractivity contribution in [3.63, 3.8) is 0 Å². The summed E-state index contributed by atoms with van der Waals surface area (Å²) in [7, 11) is 0. The van der Waals surface area contributed by atoms with Crippen LogP contribution >= 0.6 is 38.1 Å². The van der Waals surface area contributed by atoms with E-state index in [0.29, 0.717) is 11.0 Å². The van der Waals surface area contributed by atoms with E-state index in [-0.39, 0.29) is 17.1 Å². The van der Waals surface area contributed by atoms with Gasteiger partial charge < -0.3 is 30.0 Å². The predicted octanol–water partition coefficient (Wildman–Crippen LogP) is 1.16. The highest BCUT2D eigenvalue weighted by Gasteiger charge is 2.53. The summed E-state index contributed by atoms with van der Waals surface area (Å²) in [4.78, 5) is 26.9. The standard InChI is InChI=1S/C22H25N7O11P2S2/c23-22-26-18-13(19(32)27-22)25-8-29(18)21-15(31)17-12(38-21)6-36-41(33,43)39-16-11(5-35-42(34,44)40-17)37-20(14(16)30)28-7-24-9-3-1-2-4-10(9)28/h1-4,7-8,11-12,14-17,20-21,30-31H,5-6H2,(H,33,43)(H,34,44)(H3,23,26,27,32)/t11-,12-,14?,15?,16?,17?,20-,21-,41?,42?/m1/s1. The zero-order valence-electron chi connectivity index (χ0n) is 22.2. The van der Waals surface area contributed by atoms with Gasteiger partial charge in [0.2, 0.25) is 5.95 Å². The second-order valence-corrected chi connectivity index (χ2v) is 15.9. The minimum Gasteiger partial charge on any atom is -0.386 e. The number of ether oxygens (including phenoxy) is 2. The summed E-state index contributed by atoms with van der Waals surface area (Å²) >= 11 is 8.16. The van der Waals surface area contributed by atoms with Gasteiger partial charge in [-0.25, -0.2) is 19.1 Å². The second-order valence-electron chi connectivity index (χ2n) is 10.2. The van der Waals surface area contributed by atoms with E-state index in [1.54, 1.807) is 28.8 Å². The maximum atomic E-state index is 13.4. The number of nitrogen functional groups attached to an aromatic ring is 1. The fourth-order valence-corrected chi connectivity index (χ4v) is 8.42. The number of nitrogens with one attached hydrogen (secondary N) is 1. The number of thiol groups is 2. The molecule has 3 fully saturated rings. The molecule has 0 saturated carbocycles. The van der Waals surface area contributed by atoms with Gasteiger partial charge in [-0.05, 0) is 12.1 Å². The molecule has 0 bridgehead atoms. The Morgan fingerprint density at radius 3 is 2.11 bits per heavy atom. The molecular formula is C22H25N7O11P2S2. The van der Waals surface area contributed by atoms with Crippen LogP contribution in [0.3, 0.4) is 0 Å². The number of benzene rings is 1. The number of para-hydroxylation sites is 2. The summed E-state index contributed by atoms with van der Waals surface area (Å²) in [6.45, 7) is -9.59. The summed E-state index contributed by atoms with van der Waals surface area (Å²) in [6.07, 6.45) is -7.86. The lowest BCUT2D eigenvalue weighted by atomic mass is 10.1.